The van der Waals surface area contributed by atoms with Crippen molar-refractivity contribution in [3.8, 4) is 5.88 Å². The number of ether oxygens (including phenoxy) is 1. The molecule has 32 heavy (non-hydrogen) atoms. The SMILES string of the molecule is CC(C)(C)Oc1cc(/C=C/c2ccccc2)c2cc(C(=O)c3ccc(Cl)cc3)ccc2n1. The Morgan fingerprint density at radius 3 is 2.25 bits per heavy atom. The first kappa shape index (κ1) is 21.8. The van der Waals surface area contributed by atoms with E-state index in [1.54, 1.807) is 30.3 Å². The Kier molecular flexibility index (Phi) is 6.11. The van der Waals surface area contributed by atoms with Gasteiger partial charge >= 0.3 is 0 Å². The Morgan fingerprint density at radius 1 is 0.875 bits per heavy atom. The van der Waals surface area contributed by atoms with Gasteiger partial charge in [0.2, 0.25) is 5.88 Å². The van der Waals surface area contributed by atoms with Gasteiger partial charge in [-0.1, -0.05) is 54.1 Å². The Labute approximate surface area is 193 Å². The van der Waals surface area contributed by atoms with Crippen LogP contribution in [0.25, 0.3) is 23.1 Å². The number of rotatable bonds is 5. The molecule has 0 radical (unpaired) electrons. The number of carbonyl (C=O) groups excluding carboxylic acids is 1. The number of carbonyl (C=O) groups is 1. The number of fused-ring (bicyclic) bond motifs is 1. The summed E-state index contributed by atoms with van der Waals surface area (Å²) in [5.41, 5.74) is 3.61. The number of halogens is 1. The molecule has 0 N–H and O–H groups in total. The van der Waals surface area contributed by atoms with E-state index >= 15 is 0 Å². The van der Waals surface area contributed by atoms with Crippen LogP contribution in [0.2, 0.25) is 5.02 Å². The smallest absolute Gasteiger partial charge is 0.214 e. The molecule has 0 saturated heterocycles. The van der Waals surface area contributed by atoms with Crippen molar-refractivity contribution >= 4 is 40.4 Å². The summed E-state index contributed by atoms with van der Waals surface area (Å²) in [5, 5.41) is 1.49. The Hall–Kier alpha value is -3.43. The summed E-state index contributed by atoms with van der Waals surface area (Å²) in [6.45, 7) is 5.98. The second-order valence-corrected chi connectivity index (χ2v) is 9.01. The van der Waals surface area contributed by atoms with Crippen LogP contribution >= 0.6 is 11.6 Å². The summed E-state index contributed by atoms with van der Waals surface area (Å²) >= 11 is 5.97. The molecule has 0 fully saturated rings. The van der Waals surface area contributed by atoms with Crippen molar-refractivity contribution in [3.63, 3.8) is 0 Å². The Morgan fingerprint density at radius 2 is 1.56 bits per heavy atom. The lowest BCUT2D eigenvalue weighted by atomic mass is 9.99. The van der Waals surface area contributed by atoms with Gasteiger partial charge in [0, 0.05) is 27.6 Å². The van der Waals surface area contributed by atoms with Crippen molar-refractivity contribution < 1.29 is 9.53 Å². The van der Waals surface area contributed by atoms with Crippen molar-refractivity contribution in [1.82, 2.24) is 4.98 Å². The van der Waals surface area contributed by atoms with Gasteiger partial charge in [-0.05, 0) is 74.4 Å². The number of aromatic nitrogens is 1. The lowest BCUT2D eigenvalue weighted by molar-refractivity contribution is 0.103. The monoisotopic (exact) mass is 441 g/mol. The van der Waals surface area contributed by atoms with Crippen LogP contribution in [0.5, 0.6) is 5.88 Å². The molecule has 4 rings (SSSR count). The number of nitrogens with zero attached hydrogens (tertiary/aromatic N) is 1. The topological polar surface area (TPSA) is 39.2 Å². The predicted octanol–water partition coefficient (Wildman–Crippen LogP) is 7.47. The summed E-state index contributed by atoms with van der Waals surface area (Å²) in [6, 6.07) is 24.5. The quantitative estimate of drug-likeness (QED) is 0.301. The number of benzene rings is 3. The largest absolute Gasteiger partial charge is 0.472 e. The van der Waals surface area contributed by atoms with E-state index in [-0.39, 0.29) is 11.4 Å². The Balaban J connectivity index is 1.80. The predicted molar refractivity (Wildman–Crippen MR) is 132 cm³/mol. The summed E-state index contributed by atoms with van der Waals surface area (Å²) in [7, 11) is 0. The average Bonchev–Trinajstić information content (AvgIpc) is 2.77. The summed E-state index contributed by atoms with van der Waals surface area (Å²) in [6.07, 6.45) is 4.08. The Bertz CT molecular complexity index is 1290. The van der Waals surface area contributed by atoms with Crippen LogP contribution in [0.15, 0.2) is 78.9 Å². The van der Waals surface area contributed by atoms with E-state index in [2.05, 4.69) is 4.98 Å². The lowest BCUT2D eigenvalue weighted by Gasteiger charge is -2.21. The van der Waals surface area contributed by atoms with Gasteiger partial charge in [-0.2, -0.15) is 0 Å². The standard InChI is InChI=1S/C28H24ClNO2/c1-28(2,3)32-26-18-21(10-9-19-7-5-4-6-8-19)24-17-22(13-16-25(24)30-26)27(31)20-11-14-23(29)15-12-20/h4-18H,1-3H3/b10-9+. The zero-order chi connectivity index (χ0) is 22.7. The third-order valence-electron chi connectivity index (χ3n) is 4.85. The zero-order valence-electron chi connectivity index (χ0n) is 18.3. The van der Waals surface area contributed by atoms with E-state index in [9.17, 15) is 4.79 Å². The highest BCUT2D eigenvalue weighted by Gasteiger charge is 2.16. The molecule has 0 amide bonds. The number of hydrogen-bond donors (Lipinski definition) is 0. The molecule has 0 saturated carbocycles. The molecule has 0 unspecified atom stereocenters. The molecule has 0 aliphatic rings. The summed E-state index contributed by atoms with van der Waals surface area (Å²) < 4.78 is 6.04. The molecule has 0 aliphatic heterocycles. The molecular weight excluding hydrogens is 418 g/mol. The molecule has 0 spiro atoms. The molecule has 3 nitrogen and oxygen atoms in total. The highest BCUT2D eigenvalue weighted by molar-refractivity contribution is 6.30. The zero-order valence-corrected chi connectivity index (χ0v) is 19.1. The third-order valence-corrected chi connectivity index (χ3v) is 5.10. The van der Waals surface area contributed by atoms with E-state index < -0.39 is 0 Å². The lowest BCUT2D eigenvalue weighted by Crippen LogP contribution is -2.23. The van der Waals surface area contributed by atoms with Gasteiger partial charge in [-0.25, -0.2) is 4.98 Å². The fourth-order valence-corrected chi connectivity index (χ4v) is 3.52. The van der Waals surface area contributed by atoms with Gasteiger partial charge < -0.3 is 4.74 Å². The maximum absolute atomic E-state index is 13.0. The van der Waals surface area contributed by atoms with E-state index in [1.807, 2.05) is 81.5 Å². The van der Waals surface area contributed by atoms with Crippen LogP contribution in [-0.4, -0.2) is 16.4 Å². The molecule has 3 aromatic carbocycles. The van der Waals surface area contributed by atoms with Gasteiger partial charge in [0.25, 0.3) is 0 Å². The van der Waals surface area contributed by atoms with E-state index in [0.29, 0.717) is 22.0 Å². The van der Waals surface area contributed by atoms with Gasteiger partial charge in [0.05, 0.1) is 5.52 Å². The highest BCUT2D eigenvalue weighted by Crippen LogP contribution is 2.28. The van der Waals surface area contributed by atoms with Crippen LogP contribution in [0, 0.1) is 0 Å². The number of hydrogen-bond acceptors (Lipinski definition) is 3. The molecule has 0 bridgehead atoms. The van der Waals surface area contributed by atoms with Gasteiger partial charge in [0.15, 0.2) is 5.78 Å². The van der Waals surface area contributed by atoms with Gasteiger partial charge in [0.1, 0.15) is 5.60 Å². The van der Waals surface area contributed by atoms with E-state index in [1.165, 1.54) is 0 Å². The van der Waals surface area contributed by atoms with Crippen LogP contribution < -0.4 is 4.74 Å². The van der Waals surface area contributed by atoms with Crippen molar-refractivity contribution in [3.05, 3.63) is 106 Å². The molecule has 0 atom stereocenters. The summed E-state index contributed by atoms with van der Waals surface area (Å²) in [5.74, 6) is 0.492. The van der Waals surface area contributed by atoms with Crippen LogP contribution in [-0.2, 0) is 0 Å². The second-order valence-electron chi connectivity index (χ2n) is 8.58. The van der Waals surface area contributed by atoms with Crippen molar-refractivity contribution in [2.45, 2.75) is 26.4 Å². The van der Waals surface area contributed by atoms with Crippen LogP contribution in [0.1, 0.15) is 47.8 Å². The van der Waals surface area contributed by atoms with Gasteiger partial charge in [-0.15, -0.1) is 0 Å². The summed E-state index contributed by atoms with van der Waals surface area (Å²) in [4.78, 5) is 17.7. The van der Waals surface area contributed by atoms with Crippen molar-refractivity contribution in [2.75, 3.05) is 0 Å². The normalized spacial score (nSPS) is 11.8. The van der Waals surface area contributed by atoms with Crippen molar-refractivity contribution in [1.29, 1.82) is 0 Å². The number of pyridine rings is 1. The minimum absolute atomic E-state index is 0.0587. The molecule has 4 heteroatoms. The first-order chi connectivity index (χ1) is 15.3. The molecule has 4 aromatic rings. The van der Waals surface area contributed by atoms with Gasteiger partial charge in [-0.3, -0.25) is 4.79 Å². The van der Waals surface area contributed by atoms with E-state index in [4.69, 9.17) is 16.3 Å². The minimum Gasteiger partial charge on any atom is -0.472 e. The first-order valence-electron chi connectivity index (χ1n) is 10.5. The van der Waals surface area contributed by atoms with Crippen molar-refractivity contribution in [2.24, 2.45) is 0 Å². The maximum atomic E-state index is 13.0. The first-order valence-corrected chi connectivity index (χ1v) is 10.8. The highest BCUT2D eigenvalue weighted by atomic mass is 35.5. The maximum Gasteiger partial charge on any atom is 0.214 e. The minimum atomic E-state index is -0.369. The molecule has 1 aromatic heterocycles. The van der Waals surface area contributed by atoms with E-state index in [0.717, 1.165) is 22.0 Å². The third kappa shape index (κ3) is 5.24. The fraction of sp³-hybridized carbons (Fsp3) is 0.143. The van der Waals surface area contributed by atoms with Crippen LogP contribution in [0.3, 0.4) is 0 Å². The molecule has 0 aliphatic carbocycles. The fourth-order valence-electron chi connectivity index (χ4n) is 3.39. The molecule has 1 heterocycles. The van der Waals surface area contributed by atoms with Crippen LogP contribution in [0.4, 0.5) is 0 Å². The molecule has 160 valence electrons. The average molecular weight is 442 g/mol. The second kappa shape index (κ2) is 8.97. The number of ketones is 1. The molecular formula is C28H24ClNO2.